The molecule has 1 aliphatic carbocycles. The SMILES string of the molecule is CCN1CCc2c(cccc2NC(=O)c2cc(C)nc(C3CC3)n2)C1. The number of benzene rings is 1. The molecule has 2 heterocycles. The summed E-state index contributed by atoms with van der Waals surface area (Å²) in [4.78, 5) is 24.2. The second-order valence-corrected chi connectivity index (χ2v) is 7.04. The molecule has 1 aromatic carbocycles. The Balaban J connectivity index is 1.58. The van der Waals surface area contributed by atoms with Gasteiger partial charge in [-0.15, -0.1) is 0 Å². The summed E-state index contributed by atoms with van der Waals surface area (Å²) in [6.07, 6.45) is 3.23. The van der Waals surface area contributed by atoms with E-state index in [9.17, 15) is 4.79 Å². The number of aryl methyl sites for hydroxylation is 1. The van der Waals surface area contributed by atoms with Crippen molar-refractivity contribution in [3.8, 4) is 0 Å². The van der Waals surface area contributed by atoms with Crippen LogP contribution in [0.25, 0.3) is 0 Å². The van der Waals surface area contributed by atoms with Crippen LogP contribution in [0.5, 0.6) is 0 Å². The van der Waals surface area contributed by atoms with E-state index in [1.807, 2.05) is 19.1 Å². The summed E-state index contributed by atoms with van der Waals surface area (Å²) in [6.45, 7) is 7.16. The molecule has 0 unspecified atom stereocenters. The van der Waals surface area contributed by atoms with Crippen molar-refractivity contribution in [1.29, 1.82) is 0 Å². The minimum absolute atomic E-state index is 0.140. The lowest BCUT2D eigenvalue weighted by Crippen LogP contribution is -2.31. The Morgan fingerprint density at radius 3 is 2.92 bits per heavy atom. The molecule has 0 saturated heterocycles. The van der Waals surface area contributed by atoms with Crippen LogP contribution in [0.2, 0.25) is 0 Å². The lowest BCUT2D eigenvalue weighted by molar-refractivity contribution is 0.102. The van der Waals surface area contributed by atoms with Crippen molar-refractivity contribution in [2.24, 2.45) is 0 Å². The van der Waals surface area contributed by atoms with Gasteiger partial charge in [0, 0.05) is 30.4 Å². The smallest absolute Gasteiger partial charge is 0.274 e. The Morgan fingerprint density at radius 2 is 2.16 bits per heavy atom. The van der Waals surface area contributed by atoms with Gasteiger partial charge in [-0.25, -0.2) is 9.97 Å². The first-order chi connectivity index (χ1) is 12.1. The van der Waals surface area contributed by atoms with E-state index in [0.29, 0.717) is 11.6 Å². The predicted molar refractivity (Wildman–Crippen MR) is 97.8 cm³/mol. The monoisotopic (exact) mass is 336 g/mol. The number of anilines is 1. The van der Waals surface area contributed by atoms with E-state index in [1.54, 1.807) is 6.07 Å². The van der Waals surface area contributed by atoms with Crippen LogP contribution in [0.3, 0.4) is 0 Å². The van der Waals surface area contributed by atoms with Crippen LogP contribution >= 0.6 is 0 Å². The fourth-order valence-corrected chi connectivity index (χ4v) is 3.47. The van der Waals surface area contributed by atoms with Crippen molar-refractivity contribution in [3.05, 3.63) is 52.6 Å². The van der Waals surface area contributed by atoms with Crippen molar-refractivity contribution in [3.63, 3.8) is 0 Å². The van der Waals surface area contributed by atoms with Gasteiger partial charge in [0.25, 0.3) is 5.91 Å². The molecule has 1 saturated carbocycles. The average Bonchev–Trinajstić information content (AvgIpc) is 3.46. The lowest BCUT2D eigenvalue weighted by Gasteiger charge is -2.29. The zero-order chi connectivity index (χ0) is 17.4. The molecular formula is C20H24N4O. The van der Waals surface area contributed by atoms with Crippen molar-refractivity contribution in [2.75, 3.05) is 18.4 Å². The highest BCUT2D eigenvalue weighted by Crippen LogP contribution is 2.38. The molecule has 1 N–H and O–H groups in total. The zero-order valence-corrected chi connectivity index (χ0v) is 14.9. The van der Waals surface area contributed by atoms with Gasteiger partial charge in [-0.1, -0.05) is 19.1 Å². The zero-order valence-electron chi connectivity index (χ0n) is 14.9. The summed E-state index contributed by atoms with van der Waals surface area (Å²) in [7, 11) is 0. The normalized spacial score (nSPS) is 17.2. The van der Waals surface area contributed by atoms with Gasteiger partial charge in [-0.05, 0) is 56.0 Å². The predicted octanol–water partition coefficient (Wildman–Crippen LogP) is 3.29. The molecule has 25 heavy (non-hydrogen) atoms. The maximum Gasteiger partial charge on any atom is 0.274 e. The van der Waals surface area contributed by atoms with Gasteiger partial charge in [0.15, 0.2) is 0 Å². The van der Waals surface area contributed by atoms with Crippen molar-refractivity contribution < 1.29 is 4.79 Å². The summed E-state index contributed by atoms with van der Waals surface area (Å²) < 4.78 is 0. The molecule has 5 heteroatoms. The van der Waals surface area contributed by atoms with Crippen LogP contribution in [0.1, 0.15) is 58.8 Å². The third-order valence-corrected chi connectivity index (χ3v) is 5.09. The van der Waals surface area contributed by atoms with Gasteiger partial charge >= 0.3 is 0 Å². The summed E-state index contributed by atoms with van der Waals surface area (Å²) in [5.74, 6) is 1.12. The molecule has 2 aliphatic rings. The number of likely N-dealkylation sites (N-methyl/N-ethyl adjacent to an activating group) is 1. The van der Waals surface area contributed by atoms with E-state index in [2.05, 4.69) is 33.2 Å². The number of nitrogens with one attached hydrogen (secondary N) is 1. The number of hydrogen-bond acceptors (Lipinski definition) is 4. The summed E-state index contributed by atoms with van der Waals surface area (Å²) in [6, 6.07) is 7.95. The van der Waals surface area contributed by atoms with Gasteiger partial charge in [0.05, 0.1) is 0 Å². The highest BCUT2D eigenvalue weighted by molar-refractivity contribution is 6.03. The molecule has 130 valence electrons. The molecule has 2 aromatic rings. The van der Waals surface area contributed by atoms with E-state index in [1.165, 1.54) is 11.1 Å². The quantitative estimate of drug-likeness (QED) is 0.931. The van der Waals surface area contributed by atoms with Crippen LogP contribution in [0.15, 0.2) is 24.3 Å². The van der Waals surface area contributed by atoms with E-state index in [-0.39, 0.29) is 5.91 Å². The first kappa shape index (κ1) is 16.2. The van der Waals surface area contributed by atoms with Gasteiger partial charge in [-0.3, -0.25) is 9.69 Å². The maximum absolute atomic E-state index is 12.8. The average molecular weight is 336 g/mol. The second kappa shape index (κ2) is 6.56. The molecule has 1 aromatic heterocycles. The Labute approximate surface area is 148 Å². The first-order valence-corrected chi connectivity index (χ1v) is 9.14. The Kier molecular flexibility index (Phi) is 4.25. The third-order valence-electron chi connectivity index (χ3n) is 5.09. The van der Waals surface area contributed by atoms with Crippen LogP contribution in [-0.4, -0.2) is 33.9 Å². The van der Waals surface area contributed by atoms with Crippen LogP contribution in [-0.2, 0) is 13.0 Å². The number of carbonyl (C=O) groups is 1. The highest BCUT2D eigenvalue weighted by atomic mass is 16.1. The maximum atomic E-state index is 12.8. The van der Waals surface area contributed by atoms with Gasteiger partial charge < -0.3 is 5.32 Å². The molecule has 1 aliphatic heterocycles. The molecule has 0 radical (unpaired) electrons. The van der Waals surface area contributed by atoms with Crippen LogP contribution in [0, 0.1) is 6.92 Å². The molecule has 4 rings (SSSR count). The minimum atomic E-state index is -0.140. The Hall–Kier alpha value is -2.27. The van der Waals surface area contributed by atoms with Crippen LogP contribution < -0.4 is 5.32 Å². The van der Waals surface area contributed by atoms with Crippen molar-refractivity contribution >= 4 is 11.6 Å². The standard InChI is InChI=1S/C20H24N4O/c1-3-24-10-9-16-15(12-24)5-4-6-17(16)23-20(25)18-11-13(2)21-19(22-18)14-7-8-14/h4-6,11,14H,3,7-10,12H2,1-2H3,(H,23,25). The molecule has 5 nitrogen and oxygen atoms in total. The number of fused-ring (bicyclic) bond motifs is 1. The summed E-state index contributed by atoms with van der Waals surface area (Å²) >= 11 is 0. The largest absolute Gasteiger partial charge is 0.320 e. The highest BCUT2D eigenvalue weighted by Gasteiger charge is 2.28. The van der Waals surface area contributed by atoms with Gasteiger partial charge in [0.1, 0.15) is 11.5 Å². The number of aromatic nitrogens is 2. The van der Waals surface area contributed by atoms with Gasteiger partial charge in [-0.2, -0.15) is 0 Å². The van der Waals surface area contributed by atoms with E-state index in [4.69, 9.17) is 0 Å². The summed E-state index contributed by atoms with van der Waals surface area (Å²) in [5, 5.41) is 3.09. The van der Waals surface area contributed by atoms with Crippen LogP contribution in [0.4, 0.5) is 5.69 Å². The van der Waals surface area contributed by atoms with Crippen molar-refractivity contribution in [2.45, 2.75) is 45.6 Å². The topological polar surface area (TPSA) is 58.1 Å². The molecule has 0 spiro atoms. The number of carbonyl (C=O) groups excluding carboxylic acids is 1. The number of nitrogens with zero attached hydrogens (tertiary/aromatic N) is 3. The van der Waals surface area contributed by atoms with E-state index < -0.39 is 0 Å². The van der Waals surface area contributed by atoms with Gasteiger partial charge in [0.2, 0.25) is 0 Å². The van der Waals surface area contributed by atoms with E-state index in [0.717, 1.165) is 56.1 Å². The molecule has 1 amide bonds. The molecule has 0 atom stereocenters. The fourth-order valence-electron chi connectivity index (χ4n) is 3.47. The number of hydrogen-bond donors (Lipinski definition) is 1. The third kappa shape index (κ3) is 3.42. The summed E-state index contributed by atoms with van der Waals surface area (Å²) in [5.41, 5.74) is 4.81. The Morgan fingerprint density at radius 1 is 1.32 bits per heavy atom. The number of rotatable bonds is 4. The fraction of sp³-hybridized carbons (Fsp3) is 0.450. The lowest BCUT2D eigenvalue weighted by atomic mass is 9.97. The van der Waals surface area contributed by atoms with E-state index >= 15 is 0 Å². The van der Waals surface area contributed by atoms with Crippen molar-refractivity contribution in [1.82, 2.24) is 14.9 Å². The Bertz CT molecular complexity index is 813. The number of amides is 1. The molecular weight excluding hydrogens is 312 g/mol. The minimum Gasteiger partial charge on any atom is -0.320 e. The first-order valence-electron chi connectivity index (χ1n) is 9.14. The molecule has 0 bridgehead atoms. The molecule has 1 fully saturated rings. The second-order valence-electron chi connectivity index (χ2n) is 7.04.